The predicted molar refractivity (Wildman–Crippen MR) is 118 cm³/mol. The summed E-state index contributed by atoms with van der Waals surface area (Å²) < 4.78 is 44.8. The molecule has 0 spiro atoms. The molecule has 0 aromatic heterocycles. The van der Waals surface area contributed by atoms with Gasteiger partial charge in [0.1, 0.15) is 12.4 Å². The summed E-state index contributed by atoms with van der Waals surface area (Å²) in [6, 6.07) is 11.6. The first kappa shape index (κ1) is 22.4. The summed E-state index contributed by atoms with van der Waals surface area (Å²) in [5.41, 5.74) is 0.807. The topological polar surface area (TPSA) is 94.2 Å². The summed E-state index contributed by atoms with van der Waals surface area (Å²) >= 11 is 0. The molecule has 0 radical (unpaired) electrons. The van der Waals surface area contributed by atoms with Crippen LogP contribution >= 0.6 is 0 Å². The maximum absolute atomic E-state index is 12.8. The Kier molecular flexibility index (Phi) is 6.86. The van der Waals surface area contributed by atoms with Gasteiger partial charge in [-0.25, -0.2) is 13.1 Å². The van der Waals surface area contributed by atoms with Gasteiger partial charge in [0.05, 0.1) is 12.0 Å². The van der Waals surface area contributed by atoms with Crippen LogP contribution in [0.4, 0.5) is 0 Å². The predicted octanol–water partition coefficient (Wildman–Crippen LogP) is 2.72. The lowest BCUT2D eigenvalue weighted by atomic mass is 10.2. The molecule has 9 heteroatoms. The number of likely N-dealkylation sites (tertiary alicyclic amines) is 1. The molecule has 8 nitrogen and oxygen atoms in total. The summed E-state index contributed by atoms with van der Waals surface area (Å²) in [7, 11) is -2.17. The largest absolute Gasteiger partial charge is 0.497 e. The number of hydrogen-bond acceptors (Lipinski definition) is 6. The number of nitrogens with zero attached hydrogens (tertiary/aromatic N) is 1. The average molecular weight is 461 g/mol. The molecule has 1 atom stereocenters. The van der Waals surface area contributed by atoms with E-state index < -0.39 is 16.1 Å². The summed E-state index contributed by atoms with van der Waals surface area (Å²) in [4.78, 5) is 14.7. The van der Waals surface area contributed by atoms with Crippen molar-refractivity contribution in [1.82, 2.24) is 9.62 Å². The van der Waals surface area contributed by atoms with Gasteiger partial charge in [-0.1, -0.05) is 25.0 Å². The minimum absolute atomic E-state index is 0.0606. The zero-order valence-corrected chi connectivity index (χ0v) is 18.9. The van der Waals surface area contributed by atoms with Crippen molar-refractivity contribution in [2.75, 3.05) is 26.8 Å². The smallest absolute Gasteiger partial charge is 0.267 e. The van der Waals surface area contributed by atoms with Gasteiger partial charge in [0, 0.05) is 25.7 Å². The second-order valence-electron chi connectivity index (χ2n) is 7.94. The maximum Gasteiger partial charge on any atom is 0.267 e. The summed E-state index contributed by atoms with van der Waals surface area (Å²) in [6.45, 7) is 1.68. The van der Waals surface area contributed by atoms with Gasteiger partial charge in [-0.3, -0.25) is 4.79 Å². The first-order valence-electron chi connectivity index (χ1n) is 10.8. The lowest BCUT2D eigenvalue weighted by molar-refractivity contribution is -0.141. The van der Waals surface area contributed by atoms with Crippen LogP contribution in [0, 0.1) is 0 Å². The number of carbonyl (C=O) groups is 1. The Balaban J connectivity index is 1.40. The van der Waals surface area contributed by atoms with Crippen LogP contribution in [-0.2, 0) is 21.4 Å². The summed E-state index contributed by atoms with van der Waals surface area (Å²) in [6.07, 6.45) is 3.56. The second-order valence-corrected chi connectivity index (χ2v) is 9.71. The van der Waals surface area contributed by atoms with Crippen LogP contribution in [0.5, 0.6) is 17.2 Å². The van der Waals surface area contributed by atoms with Gasteiger partial charge >= 0.3 is 0 Å². The van der Waals surface area contributed by atoms with E-state index in [0.29, 0.717) is 17.2 Å². The van der Waals surface area contributed by atoms with E-state index >= 15 is 0 Å². The number of hydrogen-bond donors (Lipinski definition) is 1. The Bertz CT molecular complexity index is 1050. The molecule has 172 valence electrons. The van der Waals surface area contributed by atoms with Gasteiger partial charge in [-0.05, 0) is 42.7 Å². The lowest BCUT2D eigenvalue weighted by Gasteiger charge is -2.30. The Morgan fingerprint density at radius 2 is 1.78 bits per heavy atom. The van der Waals surface area contributed by atoms with Crippen molar-refractivity contribution in [2.24, 2.45) is 0 Å². The zero-order valence-electron chi connectivity index (χ0n) is 18.1. The molecule has 0 bridgehead atoms. The van der Waals surface area contributed by atoms with Crippen molar-refractivity contribution in [3.8, 4) is 17.2 Å². The van der Waals surface area contributed by atoms with Gasteiger partial charge in [0.15, 0.2) is 11.5 Å². The molecule has 0 unspecified atom stereocenters. The van der Waals surface area contributed by atoms with Gasteiger partial charge in [-0.15, -0.1) is 0 Å². The normalized spacial score (nSPS) is 18.7. The van der Waals surface area contributed by atoms with Gasteiger partial charge in [0.25, 0.3) is 5.91 Å². The Morgan fingerprint density at radius 3 is 2.47 bits per heavy atom. The van der Waals surface area contributed by atoms with E-state index in [1.54, 1.807) is 37.4 Å². The summed E-state index contributed by atoms with van der Waals surface area (Å²) in [5.74, 6) is 1.32. The molecule has 1 fully saturated rings. The van der Waals surface area contributed by atoms with Gasteiger partial charge in [0.2, 0.25) is 16.1 Å². The van der Waals surface area contributed by atoms with Gasteiger partial charge < -0.3 is 19.1 Å². The fourth-order valence-electron chi connectivity index (χ4n) is 3.84. The number of nitrogens with one attached hydrogen (secondary N) is 1. The number of methoxy groups -OCH3 is 1. The van der Waals surface area contributed by atoms with Crippen LogP contribution < -0.4 is 18.9 Å². The lowest BCUT2D eigenvalue weighted by Crippen LogP contribution is -2.46. The molecule has 1 saturated heterocycles. The van der Waals surface area contributed by atoms with Crippen LogP contribution in [0.3, 0.4) is 0 Å². The van der Waals surface area contributed by atoms with Crippen molar-refractivity contribution in [3.63, 3.8) is 0 Å². The van der Waals surface area contributed by atoms with E-state index in [2.05, 4.69) is 4.72 Å². The summed E-state index contributed by atoms with van der Waals surface area (Å²) in [5, 5.41) is 0. The zero-order chi connectivity index (χ0) is 22.6. The van der Waals surface area contributed by atoms with Crippen molar-refractivity contribution >= 4 is 15.9 Å². The molecule has 2 heterocycles. The second kappa shape index (κ2) is 9.79. The number of amides is 1. The highest BCUT2D eigenvalue weighted by Gasteiger charge is 2.32. The molecule has 32 heavy (non-hydrogen) atoms. The number of fused-ring (bicyclic) bond motifs is 1. The van der Waals surface area contributed by atoms with E-state index in [4.69, 9.17) is 14.2 Å². The number of rotatable bonds is 6. The van der Waals surface area contributed by atoms with Crippen molar-refractivity contribution < 1.29 is 27.4 Å². The van der Waals surface area contributed by atoms with Crippen LogP contribution in [-0.4, -0.2) is 52.1 Å². The first-order chi connectivity index (χ1) is 15.5. The van der Waals surface area contributed by atoms with E-state index in [0.717, 1.165) is 44.3 Å². The highest BCUT2D eigenvalue weighted by molar-refractivity contribution is 7.89. The molecule has 2 aliphatic heterocycles. The molecular weight excluding hydrogens is 432 g/mol. The molecule has 0 aliphatic carbocycles. The molecule has 1 amide bonds. The SMILES string of the molecule is COc1ccc(CNS(=O)(=O)c2ccc3c(c2)OC[C@H](C(=O)N2CCCCCC2)O3)cc1. The van der Waals surface area contributed by atoms with E-state index in [9.17, 15) is 13.2 Å². The maximum atomic E-state index is 12.8. The minimum atomic E-state index is -3.75. The van der Waals surface area contributed by atoms with Gasteiger partial charge in [-0.2, -0.15) is 0 Å². The quantitative estimate of drug-likeness (QED) is 0.712. The van der Waals surface area contributed by atoms with E-state index in [1.165, 1.54) is 12.1 Å². The van der Waals surface area contributed by atoms with Crippen LogP contribution in [0.15, 0.2) is 47.4 Å². The molecule has 2 aliphatic rings. The minimum Gasteiger partial charge on any atom is -0.497 e. The number of benzene rings is 2. The van der Waals surface area contributed by atoms with Crippen LogP contribution in [0.1, 0.15) is 31.2 Å². The molecular formula is C23H28N2O6S. The van der Waals surface area contributed by atoms with E-state index in [-0.39, 0.29) is 24.0 Å². The van der Waals surface area contributed by atoms with E-state index in [1.807, 2.05) is 4.90 Å². The fourth-order valence-corrected chi connectivity index (χ4v) is 4.87. The molecule has 4 rings (SSSR count). The third-order valence-corrected chi connectivity index (χ3v) is 7.10. The highest BCUT2D eigenvalue weighted by Crippen LogP contribution is 2.34. The Labute approximate surface area is 188 Å². The first-order valence-corrected chi connectivity index (χ1v) is 12.3. The van der Waals surface area contributed by atoms with Crippen LogP contribution in [0.25, 0.3) is 0 Å². The third kappa shape index (κ3) is 5.16. The van der Waals surface area contributed by atoms with Crippen molar-refractivity contribution in [1.29, 1.82) is 0 Å². The molecule has 0 saturated carbocycles. The van der Waals surface area contributed by atoms with Crippen molar-refractivity contribution in [2.45, 2.75) is 43.2 Å². The third-order valence-electron chi connectivity index (χ3n) is 5.70. The number of sulfonamides is 1. The Morgan fingerprint density at radius 1 is 1.06 bits per heavy atom. The monoisotopic (exact) mass is 460 g/mol. The standard InChI is InChI=1S/C23H28N2O6S/c1-29-18-8-6-17(7-9-18)15-24-32(27,28)19-10-11-20-21(14-19)30-16-22(31-20)23(26)25-12-4-2-3-5-13-25/h6-11,14,22,24H,2-5,12-13,15-16H2,1H3/t22-/m1/s1. The van der Waals surface area contributed by atoms with Crippen molar-refractivity contribution in [3.05, 3.63) is 48.0 Å². The fraction of sp³-hybridized carbons (Fsp3) is 0.435. The molecule has 1 N–H and O–H groups in total. The average Bonchev–Trinajstić information content (AvgIpc) is 3.11. The molecule has 2 aromatic rings. The number of ether oxygens (including phenoxy) is 3. The highest BCUT2D eigenvalue weighted by atomic mass is 32.2. The Hall–Kier alpha value is -2.78. The van der Waals surface area contributed by atoms with Crippen LogP contribution in [0.2, 0.25) is 0 Å². The number of carbonyl (C=O) groups excluding carboxylic acids is 1. The molecule has 2 aromatic carbocycles.